The lowest BCUT2D eigenvalue weighted by Gasteiger charge is -2.25. The fourth-order valence-corrected chi connectivity index (χ4v) is 2.49. The minimum absolute atomic E-state index is 0.211. The average molecular weight is 308 g/mol. The van der Waals surface area contributed by atoms with Crippen LogP contribution in [-0.4, -0.2) is 38.2 Å². The molecule has 1 aromatic carbocycles. The lowest BCUT2D eigenvalue weighted by Crippen LogP contribution is -2.35. The molecule has 1 fully saturated rings. The first-order chi connectivity index (χ1) is 10.7. The van der Waals surface area contributed by atoms with E-state index in [1.807, 2.05) is 44.2 Å². The molecule has 122 valence electrons. The quantitative estimate of drug-likeness (QED) is 0.518. The fraction of sp³-hybridized carbons (Fsp3) is 0.588. The predicted molar refractivity (Wildman–Crippen MR) is 81.1 cm³/mol. The second-order valence-electron chi connectivity index (χ2n) is 5.26. The number of rotatable bonds is 9. The Hall–Kier alpha value is -1.43. The van der Waals surface area contributed by atoms with Crippen LogP contribution in [0.1, 0.15) is 25.8 Å². The summed E-state index contributed by atoms with van der Waals surface area (Å²) in [7, 11) is 0. The summed E-state index contributed by atoms with van der Waals surface area (Å²) in [4.78, 5) is 11.8. The second-order valence-corrected chi connectivity index (χ2v) is 5.26. The van der Waals surface area contributed by atoms with E-state index < -0.39 is 0 Å². The first-order valence-electron chi connectivity index (χ1n) is 7.76. The van der Waals surface area contributed by atoms with Gasteiger partial charge < -0.3 is 18.9 Å². The lowest BCUT2D eigenvalue weighted by atomic mass is 10.0. The molecular formula is C17H24O5. The van der Waals surface area contributed by atoms with Crippen LogP contribution in [0.5, 0.6) is 0 Å². The third kappa shape index (κ3) is 5.09. The van der Waals surface area contributed by atoms with Crippen LogP contribution < -0.4 is 0 Å². The Morgan fingerprint density at radius 1 is 1.32 bits per heavy atom. The summed E-state index contributed by atoms with van der Waals surface area (Å²) in [6.07, 6.45) is -0.0548. The van der Waals surface area contributed by atoms with E-state index in [0.717, 1.165) is 5.56 Å². The van der Waals surface area contributed by atoms with Crippen LogP contribution in [0.2, 0.25) is 0 Å². The summed E-state index contributed by atoms with van der Waals surface area (Å²) < 4.78 is 22.0. The van der Waals surface area contributed by atoms with Crippen molar-refractivity contribution in [2.24, 2.45) is 5.92 Å². The Labute approximate surface area is 131 Å². The Morgan fingerprint density at radius 2 is 2.09 bits per heavy atom. The molecule has 1 saturated heterocycles. The van der Waals surface area contributed by atoms with E-state index in [4.69, 9.17) is 18.9 Å². The Kier molecular flexibility index (Phi) is 6.83. The van der Waals surface area contributed by atoms with Gasteiger partial charge in [0.2, 0.25) is 0 Å². The maximum absolute atomic E-state index is 11.8. The number of cyclic esters (lactones) is 1. The number of hydrogen-bond acceptors (Lipinski definition) is 5. The molecule has 0 amide bonds. The molecule has 0 aromatic heterocycles. The maximum atomic E-state index is 11.8. The van der Waals surface area contributed by atoms with E-state index in [9.17, 15) is 4.79 Å². The number of carbonyl (C=O) groups is 1. The molecule has 1 heterocycles. The van der Waals surface area contributed by atoms with E-state index in [2.05, 4.69) is 0 Å². The molecule has 0 N–H and O–H groups in total. The summed E-state index contributed by atoms with van der Waals surface area (Å²) in [5.41, 5.74) is 1.09. The smallest absolute Gasteiger partial charge is 0.311 e. The van der Waals surface area contributed by atoms with Gasteiger partial charge in [-0.1, -0.05) is 30.3 Å². The second kappa shape index (κ2) is 8.88. The molecule has 0 saturated carbocycles. The zero-order valence-corrected chi connectivity index (χ0v) is 13.2. The number of esters is 1. The van der Waals surface area contributed by atoms with Crippen LogP contribution in [0.15, 0.2) is 30.3 Å². The van der Waals surface area contributed by atoms with E-state index in [0.29, 0.717) is 32.8 Å². The maximum Gasteiger partial charge on any atom is 0.311 e. The van der Waals surface area contributed by atoms with Crippen molar-refractivity contribution in [3.05, 3.63) is 35.9 Å². The van der Waals surface area contributed by atoms with Crippen molar-refractivity contribution in [2.45, 2.75) is 39.3 Å². The van der Waals surface area contributed by atoms with Crippen molar-refractivity contribution < 1.29 is 23.7 Å². The fourth-order valence-electron chi connectivity index (χ4n) is 2.49. The zero-order chi connectivity index (χ0) is 15.8. The van der Waals surface area contributed by atoms with Gasteiger partial charge in [-0.15, -0.1) is 0 Å². The monoisotopic (exact) mass is 308 g/mol. The molecule has 1 aromatic rings. The van der Waals surface area contributed by atoms with Crippen molar-refractivity contribution in [1.82, 2.24) is 0 Å². The van der Waals surface area contributed by atoms with Gasteiger partial charge in [0.05, 0.1) is 31.8 Å². The summed E-state index contributed by atoms with van der Waals surface area (Å²) in [6, 6.07) is 9.91. The Balaban J connectivity index is 1.87. The van der Waals surface area contributed by atoms with Gasteiger partial charge >= 0.3 is 5.97 Å². The van der Waals surface area contributed by atoms with Crippen LogP contribution in [0.4, 0.5) is 0 Å². The average Bonchev–Trinajstić information content (AvgIpc) is 2.94. The van der Waals surface area contributed by atoms with Crippen molar-refractivity contribution in [3.8, 4) is 0 Å². The van der Waals surface area contributed by atoms with Gasteiger partial charge in [0.1, 0.15) is 0 Å². The Bertz CT molecular complexity index is 448. The van der Waals surface area contributed by atoms with Gasteiger partial charge in [0, 0.05) is 6.61 Å². The number of hydrogen-bond donors (Lipinski definition) is 0. The molecule has 0 spiro atoms. The van der Waals surface area contributed by atoms with Crippen LogP contribution >= 0.6 is 0 Å². The van der Waals surface area contributed by atoms with E-state index in [1.54, 1.807) is 0 Å². The number of ether oxygens (including phenoxy) is 4. The van der Waals surface area contributed by atoms with Crippen molar-refractivity contribution >= 4 is 5.97 Å². The molecule has 2 rings (SSSR count). The van der Waals surface area contributed by atoms with Crippen LogP contribution in [0.3, 0.4) is 0 Å². The number of benzene rings is 1. The third-order valence-electron chi connectivity index (χ3n) is 3.59. The molecule has 3 atom stereocenters. The van der Waals surface area contributed by atoms with E-state index in [1.165, 1.54) is 0 Å². The highest BCUT2D eigenvalue weighted by atomic mass is 16.7. The van der Waals surface area contributed by atoms with Crippen LogP contribution in [0, 0.1) is 5.92 Å². The zero-order valence-electron chi connectivity index (χ0n) is 13.2. The van der Waals surface area contributed by atoms with Gasteiger partial charge in [-0.3, -0.25) is 4.79 Å². The Morgan fingerprint density at radius 3 is 2.73 bits per heavy atom. The molecule has 5 nitrogen and oxygen atoms in total. The summed E-state index contributed by atoms with van der Waals surface area (Å²) in [5.74, 6) is -0.490. The summed E-state index contributed by atoms with van der Waals surface area (Å²) >= 11 is 0. The summed E-state index contributed by atoms with van der Waals surface area (Å²) in [6.45, 7) is 5.58. The normalized spacial score (nSPS) is 20.6. The van der Waals surface area contributed by atoms with Gasteiger partial charge in [0.15, 0.2) is 6.29 Å². The van der Waals surface area contributed by atoms with Crippen LogP contribution in [-0.2, 0) is 30.3 Å². The third-order valence-corrected chi connectivity index (χ3v) is 3.59. The van der Waals surface area contributed by atoms with Gasteiger partial charge in [0.25, 0.3) is 0 Å². The largest absolute Gasteiger partial charge is 0.465 e. The molecule has 1 aliphatic rings. The first kappa shape index (κ1) is 16.9. The molecule has 0 bridgehead atoms. The van der Waals surface area contributed by atoms with E-state index in [-0.39, 0.29) is 24.3 Å². The topological polar surface area (TPSA) is 54.0 Å². The van der Waals surface area contributed by atoms with Crippen molar-refractivity contribution in [2.75, 3.05) is 19.8 Å². The molecule has 0 aliphatic carbocycles. The SMILES string of the molecule is CCOC(C)O[C@@H](COCc1ccccc1)[C@@H]1CCOC1=O. The molecule has 0 radical (unpaired) electrons. The van der Waals surface area contributed by atoms with Gasteiger partial charge in [-0.25, -0.2) is 0 Å². The lowest BCUT2D eigenvalue weighted by molar-refractivity contribution is -0.187. The van der Waals surface area contributed by atoms with Crippen molar-refractivity contribution in [3.63, 3.8) is 0 Å². The molecule has 1 unspecified atom stereocenters. The molecule has 5 heteroatoms. The predicted octanol–water partition coefficient (Wildman–Crippen LogP) is 2.53. The highest BCUT2D eigenvalue weighted by Gasteiger charge is 2.36. The summed E-state index contributed by atoms with van der Waals surface area (Å²) in [5, 5.41) is 0. The van der Waals surface area contributed by atoms with E-state index >= 15 is 0 Å². The number of carbonyl (C=O) groups excluding carboxylic acids is 1. The molecular weight excluding hydrogens is 284 g/mol. The first-order valence-corrected chi connectivity index (χ1v) is 7.76. The molecule has 1 aliphatic heterocycles. The highest BCUT2D eigenvalue weighted by Crippen LogP contribution is 2.23. The van der Waals surface area contributed by atoms with Gasteiger partial charge in [-0.2, -0.15) is 0 Å². The minimum Gasteiger partial charge on any atom is -0.465 e. The molecule has 22 heavy (non-hydrogen) atoms. The van der Waals surface area contributed by atoms with Crippen molar-refractivity contribution in [1.29, 1.82) is 0 Å². The van der Waals surface area contributed by atoms with Gasteiger partial charge in [-0.05, 0) is 25.8 Å². The standard InChI is InChI=1S/C17H24O5/c1-3-20-13(2)22-16(15-9-10-21-17(15)18)12-19-11-14-7-5-4-6-8-14/h4-8,13,15-16H,3,9-12H2,1-2H3/t13?,15-,16-/m0/s1. The minimum atomic E-state index is -0.372. The highest BCUT2D eigenvalue weighted by molar-refractivity contribution is 5.74. The van der Waals surface area contributed by atoms with Crippen LogP contribution in [0.25, 0.3) is 0 Å².